The number of hydrogen-bond donors (Lipinski definition) is 0. The molecule has 0 aromatic carbocycles. The van der Waals surface area contributed by atoms with E-state index in [1.807, 2.05) is 0 Å². The molecule has 1 atom stereocenters. The van der Waals surface area contributed by atoms with E-state index >= 15 is 0 Å². The highest BCUT2D eigenvalue weighted by Crippen LogP contribution is 2.18. The van der Waals surface area contributed by atoms with E-state index in [1.165, 1.54) is 250 Å². The topological polar surface area (TPSA) is 78.9 Å². The van der Waals surface area contributed by atoms with Gasteiger partial charge in [0, 0.05) is 19.3 Å². The van der Waals surface area contributed by atoms with Crippen LogP contribution < -0.4 is 0 Å². The Balaban J connectivity index is 3.87. The zero-order chi connectivity index (χ0) is 52.9. The van der Waals surface area contributed by atoms with Crippen molar-refractivity contribution < 1.29 is 28.6 Å². The van der Waals surface area contributed by atoms with E-state index in [-0.39, 0.29) is 31.1 Å². The van der Waals surface area contributed by atoms with Crippen LogP contribution in [0.4, 0.5) is 0 Å². The first kappa shape index (κ1) is 70.9. The number of carbonyl (C=O) groups is 3. The monoisotopic (exact) mass is 1030 g/mol. The summed E-state index contributed by atoms with van der Waals surface area (Å²) < 4.78 is 16.8. The lowest BCUT2D eigenvalue weighted by molar-refractivity contribution is -0.167. The maximum absolute atomic E-state index is 12.8. The van der Waals surface area contributed by atoms with Gasteiger partial charge < -0.3 is 14.2 Å². The minimum absolute atomic E-state index is 0.0705. The predicted octanol–water partition coefficient (Wildman–Crippen LogP) is 22.2. The van der Waals surface area contributed by atoms with E-state index in [1.54, 1.807) is 0 Å². The van der Waals surface area contributed by atoms with Gasteiger partial charge in [0.05, 0.1) is 0 Å². The van der Waals surface area contributed by atoms with Crippen molar-refractivity contribution in [3.63, 3.8) is 0 Å². The molecular formula is C67H126O6. The minimum Gasteiger partial charge on any atom is -0.462 e. The normalized spacial score (nSPS) is 12.1. The number of allylic oxidation sites excluding steroid dienone is 4. The Kier molecular flexibility index (Phi) is 60.6. The van der Waals surface area contributed by atoms with E-state index in [0.29, 0.717) is 19.3 Å². The molecule has 6 nitrogen and oxygen atoms in total. The largest absolute Gasteiger partial charge is 0.462 e. The number of ether oxygens (including phenoxy) is 3. The van der Waals surface area contributed by atoms with Crippen LogP contribution in [0.15, 0.2) is 24.3 Å². The summed E-state index contributed by atoms with van der Waals surface area (Å²) in [6, 6.07) is 0. The van der Waals surface area contributed by atoms with E-state index < -0.39 is 6.10 Å². The number of esters is 3. The smallest absolute Gasteiger partial charge is 0.306 e. The molecule has 73 heavy (non-hydrogen) atoms. The Labute approximate surface area is 455 Å². The zero-order valence-corrected chi connectivity index (χ0v) is 49.4. The van der Waals surface area contributed by atoms with Crippen molar-refractivity contribution in [3.05, 3.63) is 24.3 Å². The predicted molar refractivity (Wildman–Crippen MR) is 316 cm³/mol. The van der Waals surface area contributed by atoms with Gasteiger partial charge in [-0.05, 0) is 51.4 Å². The SMILES string of the molecule is CCCCC/C=C\C/C=C\CCCCCCCCCC(=O)OC(COC(=O)CCCCCCC)COC(=O)CCCCCCCCCCCCCCCCCCCCCCCCCCCCCCCCCCC. The summed E-state index contributed by atoms with van der Waals surface area (Å²) in [6.07, 6.45) is 75.5. The van der Waals surface area contributed by atoms with Crippen LogP contribution >= 0.6 is 0 Å². The number of hydrogen-bond acceptors (Lipinski definition) is 6. The van der Waals surface area contributed by atoms with Crippen LogP contribution in [0, 0.1) is 0 Å². The molecule has 0 aromatic heterocycles. The third-order valence-corrected chi connectivity index (χ3v) is 15.0. The molecule has 0 aromatic rings. The minimum atomic E-state index is -0.769. The van der Waals surface area contributed by atoms with Crippen molar-refractivity contribution in [2.75, 3.05) is 13.2 Å². The molecule has 0 saturated carbocycles. The van der Waals surface area contributed by atoms with Crippen LogP contribution in [-0.2, 0) is 28.6 Å². The number of unbranched alkanes of at least 4 members (excludes halogenated alkanes) is 46. The molecule has 0 aliphatic heterocycles. The van der Waals surface area contributed by atoms with Crippen molar-refractivity contribution in [2.24, 2.45) is 0 Å². The van der Waals surface area contributed by atoms with E-state index in [9.17, 15) is 14.4 Å². The van der Waals surface area contributed by atoms with E-state index in [2.05, 4.69) is 45.1 Å². The molecule has 6 heteroatoms. The summed E-state index contributed by atoms with van der Waals surface area (Å²) >= 11 is 0. The van der Waals surface area contributed by atoms with Gasteiger partial charge >= 0.3 is 17.9 Å². The molecular weight excluding hydrogens is 901 g/mol. The van der Waals surface area contributed by atoms with Crippen LogP contribution in [0.2, 0.25) is 0 Å². The second-order valence-electron chi connectivity index (χ2n) is 22.4. The van der Waals surface area contributed by atoms with E-state index in [0.717, 1.165) is 77.0 Å². The first-order chi connectivity index (χ1) is 36.0. The quantitative estimate of drug-likeness (QED) is 0.0261. The summed E-state index contributed by atoms with van der Waals surface area (Å²) in [6.45, 7) is 6.58. The van der Waals surface area contributed by atoms with Gasteiger partial charge in [-0.3, -0.25) is 14.4 Å². The summed E-state index contributed by atoms with van der Waals surface area (Å²) in [5.74, 6) is -0.872. The fraction of sp³-hybridized carbons (Fsp3) is 0.896. The Morgan fingerprint density at radius 3 is 0.781 bits per heavy atom. The van der Waals surface area contributed by atoms with Crippen molar-refractivity contribution in [2.45, 2.75) is 374 Å². The lowest BCUT2D eigenvalue weighted by atomic mass is 10.0. The van der Waals surface area contributed by atoms with Crippen LogP contribution in [0.25, 0.3) is 0 Å². The molecule has 0 radical (unpaired) electrons. The summed E-state index contributed by atoms with van der Waals surface area (Å²) in [5.41, 5.74) is 0. The van der Waals surface area contributed by atoms with Gasteiger partial charge in [-0.15, -0.1) is 0 Å². The molecule has 0 rings (SSSR count). The molecule has 0 fully saturated rings. The molecule has 0 N–H and O–H groups in total. The van der Waals surface area contributed by atoms with Gasteiger partial charge in [-0.1, -0.05) is 321 Å². The number of rotatable bonds is 61. The number of carbonyl (C=O) groups excluding carboxylic acids is 3. The summed E-state index contributed by atoms with van der Waals surface area (Å²) in [4.78, 5) is 37.9. The van der Waals surface area contributed by atoms with Crippen molar-refractivity contribution in [1.82, 2.24) is 0 Å². The Morgan fingerprint density at radius 1 is 0.274 bits per heavy atom. The molecule has 0 heterocycles. The highest BCUT2D eigenvalue weighted by atomic mass is 16.6. The average Bonchev–Trinajstić information content (AvgIpc) is 3.39. The second-order valence-corrected chi connectivity index (χ2v) is 22.4. The van der Waals surface area contributed by atoms with Gasteiger partial charge in [-0.25, -0.2) is 0 Å². The Bertz CT molecular complexity index is 1180. The lowest BCUT2D eigenvalue weighted by Crippen LogP contribution is -2.30. The average molecular weight is 1030 g/mol. The van der Waals surface area contributed by atoms with Gasteiger partial charge in [0.15, 0.2) is 6.10 Å². The Hall–Kier alpha value is -2.11. The van der Waals surface area contributed by atoms with Crippen LogP contribution in [0.3, 0.4) is 0 Å². The highest BCUT2D eigenvalue weighted by molar-refractivity contribution is 5.71. The standard InChI is InChI=1S/C67H126O6/c1-4-7-10-13-15-17-19-21-23-25-26-27-28-29-30-31-32-33-34-35-36-37-38-39-40-42-43-45-47-49-51-54-57-60-66(69)72-63-64(62-71-65(68)59-56-53-12-9-6-3)73-67(70)61-58-55-52-50-48-46-44-41-24-22-20-18-16-14-11-8-5-2/h16,18,22,24,64H,4-15,17,19-21,23,25-63H2,1-3H3/b18-16-,24-22-. The maximum atomic E-state index is 12.8. The fourth-order valence-corrected chi connectivity index (χ4v) is 10.0. The third kappa shape index (κ3) is 60.6. The molecule has 0 spiro atoms. The van der Waals surface area contributed by atoms with Crippen molar-refractivity contribution in [1.29, 1.82) is 0 Å². The van der Waals surface area contributed by atoms with Crippen molar-refractivity contribution in [3.8, 4) is 0 Å². The first-order valence-corrected chi connectivity index (χ1v) is 32.8. The first-order valence-electron chi connectivity index (χ1n) is 32.8. The van der Waals surface area contributed by atoms with Gasteiger partial charge in [-0.2, -0.15) is 0 Å². The summed E-state index contributed by atoms with van der Waals surface area (Å²) in [5, 5.41) is 0. The molecule has 1 unspecified atom stereocenters. The third-order valence-electron chi connectivity index (χ3n) is 15.0. The molecule has 0 amide bonds. The molecule has 430 valence electrons. The highest BCUT2D eigenvalue weighted by Gasteiger charge is 2.19. The molecule has 0 aliphatic carbocycles. The second kappa shape index (κ2) is 62.4. The molecule has 0 saturated heterocycles. The van der Waals surface area contributed by atoms with Crippen LogP contribution in [-0.4, -0.2) is 37.2 Å². The van der Waals surface area contributed by atoms with Crippen molar-refractivity contribution >= 4 is 17.9 Å². The lowest BCUT2D eigenvalue weighted by Gasteiger charge is -2.18. The Morgan fingerprint density at radius 2 is 0.493 bits per heavy atom. The molecule has 0 bridgehead atoms. The van der Waals surface area contributed by atoms with Gasteiger partial charge in [0.2, 0.25) is 0 Å². The van der Waals surface area contributed by atoms with Gasteiger partial charge in [0.1, 0.15) is 13.2 Å². The van der Waals surface area contributed by atoms with E-state index in [4.69, 9.17) is 14.2 Å². The zero-order valence-electron chi connectivity index (χ0n) is 49.4. The van der Waals surface area contributed by atoms with Gasteiger partial charge in [0.25, 0.3) is 0 Å². The molecule has 0 aliphatic rings. The van der Waals surface area contributed by atoms with Crippen LogP contribution in [0.1, 0.15) is 367 Å². The summed E-state index contributed by atoms with van der Waals surface area (Å²) in [7, 11) is 0. The fourth-order valence-electron chi connectivity index (χ4n) is 10.0. The maximum Gasteiger partial charge on any atom is 0.306 e. The van der Waals surface area contributed by atoms with Crippen LogP contribution in [0.5, 0.6) is 0 Å².